The summed E-state index contributed by atoms with van der Waals surface area (Å²) in [5, 5.41) is 1.02. The molecule has 0 fully saturated rings. The van der Waals surface area contributed by atoms with Crippen LogP contribution in [0.2, 0.25) is 0 Å². The highest BCUT2D eigenvalue weighted by Gasteiger charge is 2.09. The Hall–Kier alpha value is -2.36. The SMILES string of the molecule is COC(=O)C=CCc1cn(C(C)=O)c2ccccc12. The summed E-state index contributed by atoms with van der Waals surface area (Å²) in [5.41, 5.74) is 1.89. The minimum absolute atomic E-state index is 0.0283. The highest BCUT2D eigenvalue weighted by Crippen LogP contribution is 2.21. The van der Waals surface area contributed by atoms with E-state index in [1.165, 1.54) is 20.1 Å². The van der Waals surface area contributed by atoms with Crippen molar-refractivity contribution in [3.05, 3.63) is 48.2 Å². The first kappa shape index (κ1) is 13.1. The Labute approximate surface area is 111 Å². The minimum Gasteiger partial charge on any atom is -0.466 e. The van der Waals surface area contributed by atoms with E-state index in [1.54, 1.807) is 10.6 Å². The zero-order valence-corrected chi connectivity index (χ0v) is 10.9. The number of para-hydroxylation sites is 1. The van der Waals surface area contributed by atoms with Crippen LogP contribution >= 0.6 is 0 Å². The summed E-state index contributed by atoms with van der Waals surface area (Å²) in [4.78, 5) is 22.6. The van der Waals surface area contributed by atoms with Gasteiger partial charge in [0.15, 0.2) is 0 Å². The molecular weight excluding hydrogens is 242 g/mol. The second-order valence-electron chi connectivity index (χ2n) is 4.19. The molecule has 2 aromatic rings. The number of ether oxygens (including phenoxy) is 1. The third-order valence-electron chi connectivity index (χ3n) is 2.93. The molecule has 0 saturated carbocycles. The van der Waals surface area contributed by atoms with Gasteiger partial charge < -0.3 is 4.74 Å². The van der Waals surface area contributed by atoms with E-state index < -0.39 is 0 Å². The Morgan fingerprint density at radius 3 is 2.74 bits per heavy atom. The summed E-state index contributed by atoms with van der Waals surface area (Å²) in [6, 6.07) is 7.70. The van der Waals surface area contributed by atoms with Gasteiger partial charge >= 0.3 is 5.97 Å². The molecule has 0 N–H and O–H groups in total. The molecule has 0 amide bonds. The second kappa shape index (κ2) is 5.52. The van der Waals surface area contributed by atoms with Crippen molar-refractivity contribution in [2.75, 3.05) is 7.11 Å². The van der Waals surface area contributed by atoms with Gasteiger partial charge in [0.05, 0.1) is 12.6 Å². The molecule has 98 valence electrons. The topological polar surface area (TPSA) is 48.3 Å². The van der Waals surface area contributed by atoms with E-state index >= 15 is 0 Å². The standard InChI is InChI=1S/C15H15NO3/c1-11(17)16-10-12(6-5-9-15(18)19-2)13-7-3-4-8-14(13)16/h3-5,7-10H,6H2,1-2H3. The smallest absolute Gasteiger partial charge is 0.330 e. The largest absolute Gasteiger partial charge is 0.466 e. The van der Waals surface area contributed by atoms with E-state index in [0.717, 1.165) is 16.5 Å². The van der Waals surface area contributed by atoms with E-state index in [9.17, 15) is 9.59 Å². The number of carbonyl (C=O) groups is 2. The van der Waals surface area contributed by atoms with Crippen LogP contribution in [0.4, 0.5) is 0 Å². The van der Waals surface area contributed by atoms with Crippen LogP contribution in [0.25, 0.3) is 10.9 Å². The van der Waals surface area contributed by atoms with Crippen molar-refractivity contribution < 1.29 is 14.3 Å². The number of benzene rings is 1. The Kier molecular flexibility index (Phi) is 3.80. The Morgan fingerprint density at radius 2 is 2.05 bits per heavy atom. The Balaban J connectivity index is 2.36. The van der Waals surface area contributed by atoms with Gasteiger partial charge in [-0.05, 0) is 18.1 Å². The molecule has 0 aliphatic heterocycles. The molecule has 1 aromatic heterocycles. The lowest BCUT2D eigenvalue weighted by molar-refractivity contribution is -0.134. The van der Waals surface area contributed by atoms with Gasteiger partial charge in [-0.3, -0.25) is 9.36 Å². The van der Waals surface area contributed by atoms with Gasteiger partial charge in [0.2, 0.25) is 5.91 Å². The van der Waals surface area contributed by atoms with Gasteiger partial charge in [0, 0.05) is 24.6 Å². The van der Waals surface area contributed by atoms with Crippen LogP contribution in [0.15, 0.2) is 42.6 Å². The summed E-state index contributed by atoms with van der Waals surface area (Å²) in [6.07, 6.45) is 5.52. The molecule has 0 saturated heterocycles. The van der Waals surface area contributed by atoms with Crippen molar-refractivity contribution in [3.63, 3.8) is 0 Å². The lowest BCUT2D eigenvalue weighted by Gasteiger charge is -1.97. The maximum Gasteiger partial charge on any atom is 0.330 e. The zero-order chi connectivity index (χ0) is 13.8. The van der Waals surface area contributed by atoms with Crippen LogP contribution < -0.4 is 0 Å². The van der Waals surface area contributed by atoms with E-state index in [1.807, 2.05) is 30.5 Å². The third-order valence-corrected chi connectivity index (χ3v) is 2.93. The van der Waals surface area contributed by atoms with E-state index in [4.69, 9.17) is 0 Å². The maximum absolute atomic E-state index is 11.6. The van der Waals surface area contributed by atoms with E-state index in [0.29, 0.717) is 6.42 Å². The molecule has 1 aromatic carbocycles. The molecule has 4 heteroatoms. The van der Waals surface area contributed by atoms with Crippen molar-refractivity contribution in [1.29, 1.82) is 0 Å². The average Bonchev–Trinajstić information content (AvgIpc) is 2.78. The quantitative estimate of drug-likeness (QED) is 0.627. The first-order chi connectivity index (χ1) is 9.13. The van der Waals surface area contributed by atoms with Gasteiger partial charge in [-0.1, -0.05) is 24.3 Å². The number of rotatable bonds is 3. The highest BCUT2D eigenvalue weighted by molar-refractivity contribution is 5.93. The number of hydrogen-bond donors (Lipinski definition) is 0. The molecular formula is C15H15NO3. The fraction of sp³-hybridized carbons (Fsp3) is 0.200. The first-order valence-electron chi connectivity index (χ1n) is 5.98. The molecule has 2 rings (SSSR count). The molecule has 1 heterocycles. The van der Waals surface area contributed by atoms with Gasteiger partial charge in [0.25, 0.3) is 0 Å². The molecule has 0 unspecified atom stereocenters. The number of methoxy groups -OCH3 is 1. The number of nitrogens with zero attached hydrogens (tertiary/aromatic N) is 1. The maximum atomic E-state index is 11.6. The van der Waals surface area contributed by atoms with Crippen LogP contribution in [0, 0.1) is 0 Å². The average molecular weight is 257 g/mol. The molecule has 4 nitrogen and oxygen atoms in total. The van der Waals surface area contributed by atoms with Crippen LogP contribution in [0.5, 0.6) is 0 Å². The number of carbonyl (C=O) groups excluding carboxylic acids is 2. The Morgan fingerprint density at radius 1 is 1.32 bits per heavy atom. The molecule has 0 atom stereocenters. The summed E-state index contributed by atoms with van der Waals surface area (Å²) < 4.78 is 6.16. The van der Waals surface area contributed by atoms with Gasteiger partial charge in [-0.15, -0.1) is 0 Å². The number of esters is 1. The summed E-state index contributed by atoms with van der Waals surface area (Å²) in [6.45, 7) is 1.53. The number of allylic oxidation sites excluding steroid dienone is 1. The summed E-state index contributed by atoms with van der Waals surface area (Å²) >= 11 is 0. The summed E-state index contributed by atoms with van der Waals surface area (Å²) in [5.74, 6) is -0.408. The number of hydrogen-bond acceptors (Lipinski definition) is 3. The van der Waals surface area contributed by atoms with Crippen molar-refractivity contribution in [3.8, 4) is 0 Å². The zero-order valence-electron chi connectivity index (χ0n) is 10.9. The first-order valence-corrected chi connectivity index (χ1v) is 5.98. The molecule has 19 heavy (non-hydrogen) atoms. The molecule has 0 spiro atoms. The predicted octanol–water partition coefficient (Wildman–Crippen LogP) is 2.57. The van der Waals surface area contributed by atoms with Gasteiger partial charge in [0.1, 0.15) is 0 Å². The lowest BCUT2D eigenvalue weighted by atomic mass is 10.1. The van der Waals surface area contributed by atoms with Crippen molar-refractivity contribution in [2.24, 2.45) is 0 Å². The minimum atomic E-state index is -0.379. The fourth-order valence-corrected chi connectivity index (χ4v) is 2.02. The van der Waals surface area contributed by atoms with Gasteiger partial charge in [-0.2, -0.15) is 0 Å². The van der Waals surface area contributed by atoms with Crippen LogP contribution in [-0.2, 0) is 16.0 Å². The van der Waals surface area contributed by atoms with Crippen LogP contribution in [0.1, 0.15) is 17.3 Å². The Bertz CT molecular complexity index is 652. The molecule has 0 bridgehead atoms. The monoisotopic (exact) mass is 257 g/mol. The highest BCUT2D eigenvalue weighted by atomic mass is 16.5. The summed E-state index contributed by atoms with van der Waals surface area (Å²) in [7, 11) is 1.34. The number of fused-ring (bicyclic) bond motifs is 1. The fourth-order valence-electron chi connectivity index (χ4n) is 2.02. The van der Waals surface area contributed by atoms with Crippen molar-refractivity contribution >= 4 is 22.8 Å². The van der Waals surface area contributed by atoms with Crippen molar-refractivity contribution in [1.82, 2.24) is 4.57 Å². The van der Waals surface area contributed by atoms with E-state index in [-0.39, 0.29) is 11.9 Å². The number of aromatic nitrogens is 1. The molecule has 0 radical (unpaired) electrons. The molecule has 0 aliphatic rings. The molecule has 0 aliphatic carbocycles. The second-order valence-corrected chi connectivity index (χ2v) is 4.19. The van der Waals surface area contributed by atoms with Crippen LogP contribution in [-0.4, -0.2) is 23.6 Å². The van der Waals surface area contributed by atoms with Crippen LogP contribution in [0.3, 0.4) is 0 Å². The van der Waals surface area contributed by atoms with Gasteiger partial charge in [-0.25, -0.2) is 4.79 Å². The van der Waals surface area contributed by atoms with E-state index in [2.05, 4.69) is 4.74 Å². The lowest BCUT2D eigenvalue weighted by Crippen LogP contribution is -2.02. The van der Waals surface area contributed by atoms with Crippen molar-refractivity contribution in [2.45, 2.75) is 13.3 Å². The predicted molar refractivity (Wildman–Crippen MR) is 73.1 cm³/mol. The normalized spacial score (nSPS) is 11.1. The third kappa shape index (κ3) is 2.73.